The number of nitrogens with zero attached hydrogens (tertiary/aromatic N) is 2. The molecule has 4 rings (SSSR count). The van der Waals surface area contributed by atoms with E-state index >= 15 is 0 Å². The zero-order valence-corrected chi connectivity index (χ0v) is 18.9. The van der Waals surface area contributed by atoms with Crippen LogP contribution >= 0.6 is 0 Å². The molecule has 9 heteroatoms. The molecule has 32 heavy (non-hydrogen) atoms. The summed E-state index contributed by atoms with van der Waals surface area (Å²) < 4.78 is 34.0. The monoisotopic (exact) mass is 456 g/mol. The molecule has 6 bridgehead atoms. The van der Waals surface area contributed by atoms with Gasteiger partial charge in [0.1, 0.15) is 5.75 Å². The van der Waals surface area contributed by atoms with E-state index in [1.165, 1.54) is 24.3 Å². The Morgan fingerprint density at radius 3 is 2.59 bits per heavy atom. The number of sulfonamides is 1. The van der Waals surface area contributed by atoms with Gasteiger partial charge < -0.3 is 10.1 Å². The maximum absolute atomic E-state index is 12.9. The van der Waals surface area contributed by atoms with Crippen molar-refractivity contribution in [3.63, 3.8) is 0 Å². The van der Waals surface area contributed by atoms with Gasteiger partial charge in [-0.3, -0.25) is 4.79 Å². The zero-order chi connectivity index (χ0) is 23.3. The molecule has 170 valence electrons. The molecule has 2 heterocycles. The first-order valence-corrected chi connectivity index (χ1v) is 11.6. The molecular formula is C23H28N4O4S. The number of rotatable bonds is 2. The number of hydrogen-bond donors (Lipinski definition) is 2. The van der Waals surface area contributed by atoms with Crippen molar-refractivity contribution in [2.24, 2.45) is 0 Å². The van der Waals surface area contributed by atoms with E-state index in [1.807, 2.05) is 20.8 Å². The number of carbonyl (C=O) groups excluding carboxylic acids is 1. The third kappa shape index (κ3) is 4.78. The van der Waals surface area contributed by atoms with Gasteiger partial charge in [-0.1, -0.05) is 39.5 Å². The van der Waals surface area contributed by atoms with Crippen molar-refractivity contribution in [1.29, 1.82) is 0 Å². The van der Waals surface area contributed by atoms with E-state index in [2.05, 4.69) is 26.6 Å². The predicted molar refractivity (Wildman–Crippen MR) is 129 cm³/mol. The minimum atomic E-state index is -4.01. The van der Waals surface area contributed by atoms with E-state index in [1.54, 1.807) is 30.3 Å². The topological polar surface area (TPSA) is 110 Å². The first-order chi connectivity index (χ1) is 15.4. The van der Waals surface area contributed by atoms with Crippen LogP contribution in [0.4, 0.5) is 11.6 Å². The number of anilines is 2. The zero-order valence-electron chi connectivity index (χ0n) is 18.0. The van der Waals surface area contributed by atoms with E-state index in [0.29, 0.717) is 34.7 Å². The molecule has 0 spiro atoms. The molecule has 2 N–H and O–H groups in total. The smallest absolute Gasteiger partial charge is 0.264 e. The number of carbonyl (C=O) groups is 1. The molecule has 0 fully saturated rings. The van der Waals surface area contributed by atoms with Crippen LogP contribution in [-0.4, -0.2) is 24.3 Å². The van der Waals surface area contributed by atoms with Crippen molar-refractivity contribution >= 4 is 33.6 Å². The predicted octanol–water partition coefficient (Wildman–Crippen LogP) is 5.36. The second-order valence-electron chi connectivity index (χ2n) is 6.49. The van der Waals surface area contributed by atoms with Crippen LogP contribution in [0.3, 0.4) is 0 Å². The highest BCUT2D eigenvalue weighted by molar-refractivity contribution is 7.92. The standard InChI is InChI=1S/C21H18N4O4S.C2H6.2H2/c1-3-17-18(4-2)23-21-24-20(17)29-15-9-5-7-13(11-15)19(26)22-14-8-6-10-16(12-14)30(27,28)25-21;1-2;;/h4-12H,2-3H2,1H3,(H,22,26)(H,23,24,25);1-2H3;2*1H. The van der Waals surface area contributed by atoms with Crippen LogP contribution in [0.25, 0.3) is 6.08 Å². The maximum atomic E-state index is 12.9. The van der Waals surface area contributed by atoms with Gasteiger partial charge in [0.25, 0.3) is 15.9 Å². The summed E-state index contributed by atoms with van der Waals surface area (Å²) in [6, 6.07) is 12.5. The maximum Gasteiger partial charge on any atom is 0.264 e. The van der Waals surface area contributed by atoms with Gasteiger partial charge in [0.15, 0.2) is 0 Å². The molecule has 8 nitrogen and oxygen atoms in total. The third-order valence-corrected chi connectivity index (χ3v) is 5.81. The summed E-state index contributed by atoms with van der Waals surface area (Å²) in [5, 5.41) is 2.70. The van der Waals surface area contributed by atoms with E-state index in [-0.39, 0.29) is 19.6 Å². The Labute approximate surface area is 190 Å². The number of amides is 1. The molecule has 0 unspecified atom stereocenters. The summed E-state index contributed by atoms with van der Waals surface area (Å²) in [5.74, 6) is 0.0276. The largest absolute Gasteiger partial charge is 0.439 e. The lowest BCUT2D eigenvalue weighted by Gasteiger charge is -2.16. The quantitative estimate of drug-likeness (QED) is 0.537. The van der Waals surface area contributed by atoms with Gasteiger partial charge >= 0.3 is 0 Å². The van der Waals surface area contributed by atoms with Gasteiger partial charge in [0, 0.05) is 19.7 Å². The first-order valence-electron chi connectivity index (χ1n) is 10.1. The molecular weight excluding hydrogens is 428 g/mol. The van der Waals surface area contributed by atoms with E-state index in [9.17, 15) is 13.2 Å². The molecule has 3 aromatic rings. The average molecular weight is 457 g/mol. The fourth-order valence-electron chi connectivity index (χ4n) is 3.05. The fourth-order valence-corrected chi connectivity index (χ4v) is 4.04. The Kier molecular flexibility index (Phi) is 6.89. The normalized spacial score (nSPS) is 13.8. The molecule has 1 amide bonds. The van der Waals surface area contributed by atoms with Crippen LogP contribution in [0.15, 0.2) is 60.0 Å². The van der Waals surface area contributed by atoms with Gasteiger partial charge in [-0.2, -0.15) is 4.98 Å². The molecule has 0 atom stereocenters. The van der Waals surface area contributed by atoms with Crippen LogP contribution in [0.2, 0.25) is 0 Å². The van der Waals surface area contributed by atoms with Crippen LogP contribution in [0.1, 0.15) is 45.2 Å². The van der Waals surface area contributed by atoms with Crippen molar-refractivity contribution in [1.82, 2.24) is 9.97 Å². The number of hydrogen-bond acceptors (Lipinski definition) is 6. The minimum Gasteiger partial charge on any atom is -0.439 e. The number of fused-ring (bicyclic) bond motifs is 6. The molecule has 1 aliphatic heterocycles. The summed E-state index contributed by atoms with van der Waals surface area (Å²) in [6.07, 6.45) is 2.05. The lowest BCUT2D eigenvalue weighted by atomic mass is 10.1. The molecule has 0 radical (unpaired) electrons. The molecule has 0 aliphatic carbocycles. The third-order valence-electron chi connectivity index (χ3n) is 4.49. The Balaban J connectivity index is 0.00000141. The van der Waals surface area contributed by atoms with Gasteiger partial charge in [0.2, 0.25) is 11.8 Å². The highest BCUT2D eigenvalue weighted by Gasteiger charge is 2.21. The van der Waals surface area contributed by atoms with Crippen LogP contribution in [0.5, 0.6) is 11.6 Å². The lowest BCUT2D eigenvalue weighted by molar-refractivity contribution is 0.102. The highest BCUT2D eigenvalue weighted by atomic mass is 32.2. The number of nitrogens with one attached hydrogen (secondary N) is 2. The summed E-state index contributed by atoms with van der Waals surface area (Å²) >= 11 is 0. The van der Waals surface area contributed by atoms with Crippen molar-refractivity contribution in [2.75, 3.05) is 10.0 Å². The molecule has 1 aromatic heterocycles. The van der Waals surface area contributed by atoms with Crippen molar-refractivity contribution in [3.05, 3.63) is 71.9 Å². The van der Waals surface area contributed by atoms with Gasteiger partial charge in [-0.25, -0.2) is 18.1 Å². The first kappa shape index (κ1) is 23.0. The van der Waals surface area contributed by atoms with E-state index in [4.69, 9.17) is 4.74 Å². The Bertz CT molecular complexity index is 1280. The second-order valence-corrected chi connectivity index (χ2v) is 8.17. The van der Waals surface area contributed by atoms with Crippen LogP contribution in [-0.2, 0) is 16.4 Å². The molecule has 1 aliphatic rings. The molecule has 2 aromatic carbocycles. The van der Waals surface area contributed by atoms with Crippen LogP contribution in [0, 0.1) is 0 Å². The minimum absolute atomic E-state index is 0. The van der Waals surface area contributed by atoms with E-state index in [0.717, 1.165) is 0 Å². The fraction of sp³-hybridized carbons (Fsp3) is 0.174. The Hall–Kier alpha value is -3.72. The van der Waals surface area contributed by atoms with E-state index < -0.39 is 15.9 Å². The van der Waals surface area contributed by atoms with Crippen molar-refractivity contribution in [2.45, 2.75) is 32.1 Å². The summed E-state index contributed by atoms with van der Waals surface area (Å²) in [6.45, 7) is 9.65. The second kappa shape index (κ2) is 9.61. The summed E-state index contributed by atoms with van der Waals surface area (Å²) in [4.78, 5) is 21.1. The summed E-state index contributed by atoms with van der Waals surface area (Å²) in [7, 11) is -4.01. The van der Waals surface area contributed by atoms with Gasteiger partial charge in [-0.15, -0.1) is 0 Å². The number of ether oxygens (including phenoxy) is 1. The summed E-state index contributed by atoms with van der Waals surface area (Å²) in [5.41, 5.74) is 1.81. The number of aromatic nitrogens is 2. The van der Waals surface area contributed by atoms with Crippen molar-refractivity contribution in [3.8, 4) is 11.6 Å². The molecule has 0 saturated carbocycles. The van der Waals surface area contributed by atoms with Crippen molar-refractivity contribution < 1.29 is 20.8 Å². The van der Waals surface area contributed by atoms with Crippen LogP contribution < -0.4 is 14.8 Å². The van der Waals surface area contributed by atoms with Gasteiger partial charge in [-0.05, 0) is 48.9 Å². The van der Waals surface area contributed by atoms with Gasteiger partial charge in [0.05, 0.1) is 10.6 Å². The number of benzene rings is 2. The average Bonchev–Trinajstić information content (AvgIpc) is 2.79. The molecule has 0 saturated heterocycles. The highest BCUT2D eigenvalue weighted by Crippen LogP contribution is 2.29. The Morgan fingerprint density at radius 2 is 1.88 bits per heavy atom. The Morgan fingerprint density at radius 1 is 1.12 bits per heavy atom. The SMILES string of the molecule is C=Cc1nc2nc(c1CC)Oc1cccc(c1)C(=O)Nc1cccc(c1)S(=O)(=O)N2.CC.[HH].[HH]. The lowest BCUT2D eigenvalue weighted by Crippen LogP contribution is -2.18.